The third kappa shape index (κ3) is 10.0. The topological polar surface area (TPSA) is 115 Å². The van der Waals surface area contributed by atoms with E-state index in [-0.39, 0.29) is 24.5 Å². The highest BCUT2D eigenvalue weighted by Crippen LogP contribution is 2.21. The predicted octanol–water partition coefficient (Wildman–Crippen LogP) is 4.30. The van der Waals surface area contributed by atoms with Crippen molar-refractivity contribution in [2.45, 2.75) is 71.4 Å². The Bertz CT molecular complexity index is 1070. The molecule has 0 saturated carbocycles. The highest BCUT2D eigenvalue weighted by Gasteiger charge is 2.23. The van der Waals surface area contributed by atoms with E-state index in [1.165, 1.54) is 5.56 Å². The first-order valence-electron chi connectivity index (χ1n) is 13.8. The number of anilines is 1. The van der Waals surface area contributed by atoms with E-state index >= 15 is 0 Å². The van der Waals surface area contributed by atoms with Crippen LogP contribution < -0.4 is 15.4 Å². The summed E-state index contributed by atoms with van der Waals surface area (Å²) in [6.07, 6.45) is 5.15. The van der Waals surface area contributed by atoms with Crippen molar-refractivity contribution in [1.29, 1.82) is 0 Å². The molecule has 39 heavy (non-hydrogen) atoms. The number of hydrogen-bond acceptors (Lipinski definition) is 9. The van der Waals surface area contributed by atoms with Crippen molar-refractivity contribution >= 4 is 17.9 Å². The van der Waals surface area contributed by atoms with Gasteiger partial charge in [0.1, 0.15) is 11.4 Å². The van der Waals surface area contributed by atoms with E-state index in [9.17, 15) is 9.59 Å². The lowest BCUT2D eigenvalue weighted by Gasteiger charge is -2.28. The summed E-state index contributed by atoms with van der Waals surface area (Å²) in [5, 5.41) is 6.78. The Labute approximate surface area is 231 Å². The number of carbonyl (C=O) groups excluding carboxylic acids is 2. The lowest BCUT2D eigenvalue weighted by Crippen LogP contribution is -2.42. The molecule has 1 aliphatic heterocycles. The number of ether oxygens (including phenoxy) is 3. The molecule has 3 heterocycles. The summed E-state index contributed by atoms with van der Waals surface area (Å²) in [7, 11) is 1.56. The number of fused-ring (bicyclic) bond motifs is 1. The van der Waals surface area contributed by atoms with Crippen molar-refractivity contribution in [2.24, 2.45) is 0 Å². The number of aryl methyl sites for hydroxylation is 2. The van der Waals surface area contributed by atoms with Crippen LogP contribution >= 0.6 is 0 Å². The van der Waals surface area contributed by atoms with Crippen molar-refractivity contribution in [1.82, 2.24) is 20.2 Å². The molecule has 10 heteroatoms. The monoisotopic (exact) mass is 541 g/mol. The molecule has 0 spiro atoms. The molecule has 2 aromatic rings. The van der Waals surface area contributed by atoms with Gasteiger partial charge in [-0.1, -0.05) is 12.1 Å². The minimum atomic E-state index is -0.601. The number of aromatic nitrogens is 2. The van der Waals surface area contributed by atoms with Crippen LogP contribution in [0.5, 0.6) is 5.88 Å². The standard InChI is InChI=1S/C29H43N5O5/c1-6-38-26(35)19-24(22-12-14-25(37-5)32-20-22)30-16-18-34(28(36)39-29(2,3)4)17-8-10-23-13-11-21-9-7-15-31-27(21)33-23/h11-14,20,24,30H,6-10,15-19H2,1-5H3,(H,31,33). The normalized spacial score (nSPS) is 13.6. The largest absolute Gasteiger partial charge is 0.481 e. The lowest BCUT2D eigenvalue weighted by atomic mass is 10.1. The molecule has 0 saturated heterocycles. The maximum atomic E-state index is 13.0. The molecular formula is C29H43N5O5. The zero-order valence-corrected chi connectivity index (χ0v) is 23.9. The second-order valence-corrected chi connectivity index (χ2v) is 10.6. The van der Waals surface area contributed by atoms with Gasteiger partial charge in [-0.2, -0.15) is 0 Å². The van der Waals surface area contributed by atoms with Crippen molar-refractivity contribution in [3.8, 4) is 5.88 Å². The molecule has 0 radical (unpaired) electrons. The summed E-state index contributed by atoms with van der Waals surface area (Å²) >= 11 is 0. The number of nitrogens with one attached hydrogen (secondary N) is 2. The van der Waals surface area contributed by atoms with Crippen LogP contribution in [-0.4, -0.2) is 72.4 Å². The fraction of sp³-hybridized carbons (Fsp3) is 0.586. The van der Waals surface area contributed by atoms with Gasteiger partial charge >= 0.3 is 12.1 Å². The predicted molar refractivity (Wildman–Crippen MR) is 150 cm³/mol. The SMILES string of the molecule is CCOC(=O)CC(NCCN(CCCc1ccc2c(n1)NCCC2)C(=O)OC(C)(C)C)c1ccc(OC)nc1. The Balaban J connectivity index is 1.62. The third-order valence-electron chi connectivity index (χ3n) is 6.28. The van der Waals surface area contributed by atoms with Gasteiger partial charge in [-0.3, -0.25) is 4.79 Å². The molecule has 2 N–H and O–H groups in total. The van der Waals surface area contributed by atoms with Crippen LogP contribution in [0.4, 0.5) is 10.6 Å². The molecule has 0 aromatic carbocycles. The smallest absolute Gasteiger partial charge is 0.410 e. The summed E-state index contributed by atoms with van der Waals surface area (Å²) in [4.78, 5) is 36.1. The maximum Gasteiger partial charge on any atom is 0.410 e. The summed E-state index contributed by atoms with van der Waals surface area (Å²) in [6, 6.07) is 7.53. The van der Waals surface area contributed by atoms with Crippen molar-refractivity contribution in [3.05, 3.63) is 47.3 Å². The Morgan fingerprint density at radius 1 is 1.18 bits per heavy atom. The van der Waals surface area contributed by atoms with Crippen LogP contribution in [0.3, 0.4) is 0 Å². The van der Waals surface area contributed by atoms with Gasteiger partial charge in [-0.25, -0.2) is 14.8 Å². The lowest BCUT2D eigenvalue weighted by molar-refractivity contribution is -0.143. The summed E-state index contributed by atoms with van der Waals surface area (Å²) in [5.74, 6) is 1.17. The van der Waals surface area contributed by atoms with Crippen molar-refractivity contribution in [3.63, 3.8) is 0 Å². The van der Waals surface area contributed by atoms with E-state index in [2.05, 4.69) is 27.8 Å². The maximum absolute atomic E-state index is 13.0. The van der Waals surface area contributed by atoms with Gasteiger partial charge in [0, 0.05) is 50.2 Å². The number of hydrogen-bond donors (Lipinski definition) is 2. The summed E-state index contributed by atoms with van der Waals surface area (Å²) in [5.41, 5.74) is 2.50. The molecule has 1 unspecified atom stereocenters. The molecule has 1 amide bonds. The number of nitrogens with zero attached hydrogens (tertiary/aromatic N) is 3. The highest BCUT2D eigenvalue weighted by molar-refractivity contribution is 5.70. The first-order chi connectivity index (χ1) is 18.7. The number of methoxy groups -OCH3 is 1. The zero-order valence-electron chi connectivity index (χ0n) is 23.9. The van der Waals surface area contributed by atoms with E-state index in [0.717, 1.165) is 49.3 Å². The number of pyridine rings is 2. The number of amides is 1. The van der Waals surface area contributed by atoms with Gasteiger partial charge in [0.15, 0.2) is 0 Å². The molecule has 0 aliphatic carbocycles. The molecule has 0 fully saturated rings. The molecule has 214 valence electrons. The second-order valence-electron chi connectivity index (χ2n) is 10.6. The average Bonchev–Trinajstić information content (AvgIpc) is 2.90. The van der Waals surface area contributed by atoms with Crippen molar-refractivity contribution < 1.29 is 23.8 Å². The van der Waals surface area contributed by atoms with Crippen LogP contribution in [0.2, 0.25) is 0 Å². The first-order valence-corrected chi connectivity index (χ1v) is 13.8. The van der Waals surface area contributed by atoms with Gasteiger partial charge < -0.3 is 29.7 Å². The zero-order chi connectivity index (χ0) is 28.3. The van der Waals surface area contributed by atoms with Gasteiger partial charge in [-0.05, 0) is 70.6 Å². The Morgan fingerprint density at radius 2 is 2.00 bits per heavy atom. The summed E-state index contributed by atoms with van der Waals surface area (Å²) in [6.45, 7) is 10.0. The fourth-order valence-corrected chi connectivity index (χ4v) is 4.37. The van der Waals surface area contributed by atoms with Gasteiger partial charge in [-0.15, -0.1) is 0 Å². The van der Waals surface area contributed by atoms with Crippen molar-refractivity contribution in [2.75, 3.05) is 45.2 Å². The molecule has 0 bridgehead atoms. The average molecular weight is 542 g/mol. The first kappa shape index (κ1) is 30.1. The molecule has 2 aromatic heterocycles. The minimum absolute atomic E-state index is 0.145. The van der Waals surface area contributed by atoms with Gasteiger partial charge in [0.2, 0.25) is 5.88 Å². The molecule has 1 aliphatic rings. The van der Waals surface area contributed by atoms with Gasteiger partial charge in [0.25, 0.3) is 0 Å². The Morgan fingerprint density at radius 3 is 2.69 bits per heavy atom. The summed E-state index contributed by atoms with van der Waals surface area (Å²) < 4.78 is 16.0. The minimum Gasteiger partial charge on any atom is -0.481 e. The molecular weight excluding hydrogens is 498 g/mol. The van der Waals surface area contributed by atoms with E-state index < -0.39 is 5.60 Å². The molecule has 1 atom stereocenters. The Kier molecular flexibility index (Phi) is 11.3. The fourth-order valence-electron chi connectivity index (χ4n) is 4.37. The number of carbonyl (C=O) groups is 2. The highest BCUT2D eigenvalue weighted by atomic mass is 16.6. The van der Waals surface area contributed by atoms with Crippen LogP contribution in [0, 0.1) is 0 Å². The molecule has 3 rings (SSSR count). The van der Waals surface area contributed by atoms with E-state index in [1.807, 2.05) is 26.8 Å². The van der Waals surface area contributed by atoms with E-state index in [0.29, 0.717) is 32.1 Å². The Hall–Kier alpha value is -3.40. The van der Waals surface area contributed by atoms with Crippen LogP contribution in [0.1, 0.15) is 69.8 Å². The number of rotatable bonds is 13. The number of esters is 1. The molecule has 10 nitrogen and oxygen atoms in total. The van der Waals surface area contributed by atoms with Crippen LogP contribution in [-0.2, 0) is 27.1 Å². The second kappa shape index (κ2) is 14.7. The van der Waals surface area contributed by atoms with Crippen LogP contribution in [0.25, 0.3) is 0 Å². The van der Waals surface area contributed by atoms with Gasteiger partial charge in [0.05, 0.1) is 20.1 Å². The van der Waals surface area contributed by atoms with E-state index in [1.54, 1.807) is 31.2 Å². The quantitative estimate of drug-likeness (QED) is 0.358. The van der Waals surface area contributed by atoms with Crippen LogP contribution in [0.15, 0.2) is 30.5 Å². The third-order valence-corrected chi connectivity index (χ3v) is 6.28. The van der Waals surface area contributed by atoms with E-state index in [4.69, 9.17) is 19.2 Å².